The Morgan fingerprint density at radius 1 is 0.565 bits per heavy atom. The van der Waals surface area contributed by atoms with Crippen LogP contribution in [0.3, 0.4) is 0 Å². The second-order valence-corrected chi connectivity index (χ2v) is 27.0. The van der Waals surface area contributed by atoms with Crippen molar-refractivity contribution in [1.82, 2.24) is 60.6 Å². The number of ether oxygens (including phenoxy) is 1. The van der Waals surface area contributed by atoms with E-state index < -0.39 is 168 Å². The molecule has 92 heavy (non-hydrogen) atoms. The summed E-state index contributed by atoms with van der Waals surface area (Å²) in [5.41, 5.74) is 0. The molecular formula is C65H116N12O15. The Balaban J connectivity index is 4.40. The molecule has 13 atom stereocenters. The number of amides is 12. The van der Waals surface area contributed by atoms with Gasteiger partial charge in [-0.15, -0.1) is 0 Å². The number of rotatable bonds is 19. The Morgan fingerprint density at radius 3 is 1.51 bits per heavy atom. The van der Waals surface area contributed by atoms with E-state index in [-0.39, 0.29) is 69.3 Å². The standard InChI is InChI=1S/C65H116N12O15/c1-25-27-29-41(13)55(80)54-59(84)68-45(26-2)61(86)70(17)35-50(79)74(21)53(44(16)92-31-28-30-49(78)77(24)91)58(83)69-51(39(9)10)64(89)71(18)46(32-36(3)4)57(82)66-42(14)56(81)67-43(15)60(85)72(19)47(33-37(5)6)62(87)73(20)48(34-38(7)8)63(88)75(22)52(40(11)12)65(90)76(54)23/h25,27,36-48,51-55,80,91H,26,28-35H2,1-24H3,(H,66,82)(H,67,81)(H,68,84)(H,69,83)/b27-25+/t41-,42+,43-,44-,45+,46+,47+,48-,51+,52+,53+,54+,55-/m1/s1. The Labute approximate surface area is 547 Å². The van der Waals surface area contributed by atoms with Gasteiger partial charge in [0.1, 0.15) is 60.4 Å². The fourth-order valence-electron chi connectivity index (χ4n) is 11.2. The van der Waals surface area contributed by atoms with Crippen LogP contribution in [0.15, 0.2) is 12.2 Å². The third-order valence-corrected chi connectivity index (χ3v) is 17.0. The van der Waals surface area contributed by atoms with Crippen LogP contribution in [0.4, 0.5) is 0 Å². The van der Waals surface area contributed by atoms with Crippen molar-refractivity contribution in [2.45, 2.75) is 228 Å². The summed E-state index contributed by atoms with van der Waals surface area (Å²) in [5, 5.41) is 33.0. The Hall–Kier alpha value is -6.74. The summed E-state index contributed by atoms with van der Waals surface area (Å²) in [6, 6.07) is -13.3. The molecule has 27 nitrogen and oxygen atoms in total. The Kier molecular flexibility index (Phi) is 34.8. The van der Waals surface area contributed by atoms with E-state index in [1.165, 1.54) is 96.8 Å². The molecule has 0 unspecified atom stereocenters. The van der Waals surface area contributed by atoms with Gasteiger partial charge in [-0.05, 0) is 102 Å². The van der Waals surface area contributed by atoms with Gasteiger partial charge in [0.25, 0.3) is 0 Å². The number of carbonyl (C=O) groups excluding carboxylic acids is 12. The number of carbonyl (C=O) groups is 12. The number of hydroxylamine groups is 2. The first kappa shape index (κ1) is 83.3. The van der Waals surface area contributed by atoms with Gasteiger partial charge in [-0.2, -0.15) is 0 Å². The zero-order valence-electron chi connectivity index (χ0n) is 59.7. The van der Waals surface area contributed by atoms with E-state index in [9.17, 15) is 58.3 Å². The predicted molar refractivity (Wildman–Crippen MR) is 348 cm³/mol. The third-order valence-electron chi connectivity index (χ3n) is 17.0. The summed E-state index contributed by atoms with van der Waals surface area (Å²) in [5.74, 6) is -11.3. The minimum Gasteiger partial charge on any atom is -0.390 e. The number of nitrogens with zero attached hydrogens (tertiary/aromatic N) is 8. The van der Waals surface area contributed by atoms with Crippen molar-refractivity contribution >= 4 is 70.9 Å². The zero-order valence-corrected chi connectivity index (χ0v) is 59.7. The Bertz CT molecular complexity index is 2540. The molecule has 0 spiro atoms. The number of aliphatic hydroxyl groups excluding tert-OH is 1. The van der Waals surface area contributed by atoms with E-state index in [1.807, 2.05) is 41.5 Å². The van der Waals surface area contributed by atoms with Gasteiger partial charge in [0, 0.05) is 69.4 Å². The lowest BCUT2D eigenvalue weighted by Crippen LogP contribution is -2.63. The third kappa shape index (κ3) is 23.7. The van der Waals surface area contributed by atoms with Crippen molar-refractivity contribution in [3.63, 3.8) is 0 Å². The molecule has 526 valence electrons. The summed E-state index contributed by atoms with van der Waals surface area (Å²) in [4.78, 5) is 182. The van der Waals surface area contributed by atoms with E-state index in [0.717, 1.165) is 14.7 Å². The van der Waals surface area contributed by atoms with E-state index in [0.29, 0.717) is 5.06 Å². The molecule has 1 aliphatic heterocycles. The van der Waals surface area contributed by atoms with Crippen LogP contribution in [0, 0.1) is 35.5 Å². The maximum Gasteiger partial charge on any atom is 0.246 e. The highest BCUT2D eigenvalue weighted by Gasteiger charge is 2.46. The second kappa shape index (κ2) is 38.4. The Morgan fingerprint density at radius 2 is 1.03 bits per heavy atom. The molecule has 1 rings (SSSR count). The zero-order chi connectivity index (χ0) is 71.3. The minimum absolute atomic E-state index is 0.0405. The topological polar surface area (TPSA) is 329 Å². The van der Waals surface area contributed by atoms with Crippen LogP contribution in [0.2, 0.25) is 0 Å². The highest BCUT2D eigenvalue weighted by Crippen LogP contribution is 2.26. The second-order valence-electron chi connectivity index (χ2n) is 27.0. The molecular weight excluding hydrogens is 1190 g/mol. The van der Waals surface area contributed by atoms with Gasteiger partial charge in [0.2, 0.25) is 70.9 Å². The average Bonchev–Trinajstić information content (AvgIpc) is 0.841. The SMILES string of the molecule is C/C=C/C[C@@H](C)[C@@H](O)[C@H]1C(=O)N[C@@H](CC)C(=O)N(C)CC(=O)N(C)[C@@H]([C@@H](C)OCCCC(=O)N(C)O)C(=O)N[C@@H](C(C)C)C(=O)N(C)[C@@H](CC(C)C)C(=O)N[C@@H](C)C(=O)N[C@H](C)C(=O)N(C)[C@@H](CC(C)C)C(=O)N(C)[C@H](CC(C)C)C(=O)N(C)[C@@H](C(C)C)C(=O)N1C. The quantitative estimate of drug-likeness (QED) is 0.0468. The van der Waals surface area contributed by atoms with Crippen LogP contribution >= 0.6 is 0 Å². The number of allylic oxidation sites excluding steroid dienone is 2. The van der Waals surface area contributed by atoms with Crippen molar-refractivity contribution in [3.8, 4) is 0 Å². The van der Waals surface area contributed by atoms with E-state index >= 15 is 9.59 Å². The van der Waals surface area contributed by atoms with Gasteiger partial charge in [0.15, 0.2) is 0 Å². The smallest absolute Gasteiger partial charge is 0.246 e. The van der Waals surface area contributed by atoms with E-state index in [2.05, 4.69) is 21.3 Å². The van der Waals surface area contributed by atoms with Gasteiger partial charge in [-0.1, -0.05) is 95.2 Å². The number of hydrogen-bond acceptors (Lipinski definition) is 15. The molecule has 0 aromatic rings. The highest BCUT2D eigenvalue weighted by molar-refractivity contribution is 5.99. The summed E-state index contributed by atoms with van der Waals surface area (Å²) in [6.07, 6.45) is 1.41. The lowest BCUT2D eigenvalue weighted by Gasteiger charge is -2.41. The first-order valence-electron chi connectivity index (χ1n) is 32.5. The average molecular weight is 1310 g/mol. The van der Waals surface area contributed by atoms with Gasteiger partial charge in [-0.25, -0.2) is 5.06 Å². The van der Waals surface area contributed by atoms with Crippen molar-refractivity contribution in [3.05, 3.63) is 12.2 Å². The fourth-order valence-corrected chi connectivity index (χ4v) is 11.2. The fraction of sp³-hybridized carbons (Fsp3) is 0.785. The molecule has 0 aromatic carbocycles. The minimum atomic E-state index is -1.66. The number of likely N-dealkylation sites (N-methyl/N-ethyl adjacent to an activating group) is 7. The van der Waals surface area contributed by atoms with Gasteiger partial charge >= 0.3 is 0 Å². The summed E-state index contributed by atoms with van der Waals surface area (Å²) < 4.78 is 6.05. The predicted octanol–water partition coefficient (Wildman–Crippen LogP) is 2.26. The van der Waals surface area contributed by atoms with Gasteiger partial charge in [0.05, 0.1) is 18.8 Å². The summed E-state index contributed by atoms with van der Waals surface area (Å²) >= 11 is 0. The van der Waals surface area contributed by atoms with Crippen molar-refractivity contribution in [1.29, 1.82) is 0 Å². The molecule has 1 fully saturated rings. The van der Waals surface area contributed by atoms with E-state index in [4.69, 9.17) is 4.74 Å². The van der Waals surface area contributed by atoms with Crippen LogP contribution in [0.25, 0.3) is 0 Å². The van der Waals surface area contributed by atoms with Gasteiger partial charge < -0.3 is 65.4 Å². The van der Waals surface area contributed by atoms with Crippen molar-refractivity contribution < 1.29 is 72.6 Å². The first-order valence-corrected chi connectivity index (χ1v) is 32.5. The summed E-state index contributed by atoms with van der Waals surface area (Å²) in [6.45, 7) is 26.4. The molecule has 1 saturated heterocycles. The monoisotopic (exact) mass is 1300 g/mol. The van der Waals surface area contributed by atoms with Crippen LogP contribution in [0.5, 0.6) is 0 Å². The van der Waals surface area contributed by atoms with E-state index in [1.54, 1.807) is 60.6 Å². The molecule has 1 aliphatic rings. The maximum absolute atomic E-state index is 15.2. The molecule has 1 heterocycles. The lowest BCUT2D eigenvalue weighted by atomic mass is 9.91. The normalized spacial score (nSPS) is 26.0. The maximum atomic E-state index is 15.2. The molecule has 0 aliphatic carbocycles. The molecule has 12 amide bonds. The number of hydrogen-bond donors (Lipinski definition) is 6. The van der Waals surface area contributed by atoms with Gasteiger partial charge in [-0.3, -0.25) is 62.7 Å². The van der Waals surface area contributed by atoms with Crippen molar-refractivity contribution in [2.75, 3.05) is 69.5 Å². The van der Waals surface area contributed by atoms with Crippen LogP contribution in [0.1, 0.15) is 156 Å². The molecule has 27 heteroatoms. The molecule has 0 saturated carbocycles. The van der Waals surface area contributed by atoms with Crippen LogP contribution in [-0.2, 0) is 62.3 Å². The highest BCUT2D eigenvalue weighted by atomic mass is 16.5. The summed E-state index contributed by atoms with van der Waals surface area (Å²) in [7, 11) is 10.8. The largest absolute Gasteiger partial charge is 0.390 e. The molecule has 0 radical (unpaired) electrons. The van der Waals surface area contributed by atoms with Crippen molar-refractivity contribution in [2.24, 2.45) is 35.5 Å². The first-order chi connectivity index (χ1) is 42.5. The lowest BCUT2D eigenvalue weighted by molar-refractivity contribution is -0.160. The molecule has 0 bridgehead atoms. The van der Waals surface area contributed by atoms with Crippen LogP contribution < -0.4 is 21.3 Å². The molecule has 6 N–H and O–H groups in total. The number of aliphatic hydroxyl groups is 1. The number of nitrogens with one attached hydrogen (secondary N) is 4. The van der Waals surface area contributed by atoms with Crippen LogP contribution in [-0.4, -0.2) is 263 Å². The molecule has 0 aromatic heterocycles.